The summed E-state index contributed by atoms with van der Waals surface area (Å²) in [5.74, 6) is 1.68. The largest absolute Gasteiger partial charge is 0.303 e. The predicted octanol–water partition coefficient (Wildman–Crippen LogP) is 3.20. The van der Waals surface area contributed by atoms with Crippen molar-refractivity contribution in [2.24, 2.45) is 17.8 Å². The second-order valence-electron chi connectivity index (χ2n) is 4.31. The molecule has 0 amide bonds. The molecule has 0 heterocycles. The number of carbonyl (C=O) groups excluding carboxylic acids is 1. The first-order chi connectivity index (χ1) is 6.27. The first-order valence-corrected chi connectivity index (χ1v) is 5.34. The normalized spacial score (nSPS) is 30.8. The third kappa shape index (κ3) is 2.98. The lowest BCUT2D eigenvalue weighted by molar-refractivity contribution is -0.112. The summed E-state index contributed by atoms with van der Waals surface area (Å²) in [5, 5.41) is 0. The van der Waals surface area contributed by atoms with Crippen LogP contribution in [0, 0.1) is 17.8 Å². The van der Waals surface area contributed by atoms with Gasteiger partial charge < -0.3 is 4.79 Å². The first kappa shape index (κ1) is 10.5. The molecule has 0 N–H and O–H groups in total. The van der Waals surface area contributed by atoms with Crippen LogP contribution in [-0.2, 0) is 4.79 Å². The fourth-order valence-corrected chi connectivity index (χ4v) is 2.37. The van der Waals surface area contributed by atoms with Crippen molar-refractivity contribution < 1.29 is 4.79 Å². The number of allylic oxidation sites excluding steroid dienone is 1. The summed E-state index contributed by atoms with van der Waals surface area (Å²) >= 11 is 0. The van der Waals surface area contributed by atoms with Crippen LogP contribution in [0.2, 0.25) is 0 Å². The molecule has 0 spiro atoms. The zero-order valence-corrected chi connectivity index (χ0v) is 8.54. The first-order valence-electron chi connectivity index (χ1n) is 5.34. The monoisotopic (exact) mass is 180 g/mol. The average Bonchev–Trinajstić information content (AvgIpc) is 2.18. The number of hydrogen-bond donors (Lipinski definition) is 0. The minimum Gasteiger partial charge on any atom is -0.303 e. The van der Waals surface area contributed by atoms with Crippen LogP contribution in [0.3, 0.4) is 0 Å². The second kappa shape index (κ2) is 5.21. The van der Waals surface area contributed by atoms with E-state index in [1.54, 1.807) is 0 Å². The molecule has 1 rings (SSSR count). The highest BCUT2D eigenvalue weighted by Crippen LogP contribution is 2.34. The summed E-state index contributed by atoms with van der Waals surface area (Å²) in [6.45, 7) is 5.82. The third-order valence-electron chi connectivity index (χ3n) is 3.28. The molecule has 3 atom stereocenters. The molecule has 1 heteroatoms. The maximum atomic E-state index is 10.6. The van der Waals surface area contributed by atoms with Crippen LogP contribution >= 0.6 is 0 Å². The molecule has 0 saturated heterocycles. The van der Waals surface area contributed by atoms with Gasteiger partial charge in [0.15, 0.2) is 0 Å². The van der Waals surface area contributed by atoms with E-state index in [1.807, 2.05) is 13.0 Å². The lowest BCUT2D eigenvalue weighted by atomic mass is 9.75. The van der Waals surface area contributed by atoms with E-state index in [9.17, 15) is 4.79 Å². The minimum atomic E-state index is 0.257. The summed E-state index contributed by atoms with van der Waals surface area (Å²) in [6.07, 6.45) is 9.34. The van der Waals surface area contributed by atoms with E-state index in [0.29, 0.717) is 5.92 Å². The summed E-state index contributed by atoms with van der Waals surface area (Å²) in [4.78, 5) is 10.6. The Morgan fingerprint density at radius 3 is 2.92 bits per heavy atom. The maximum Gasteiger partial charge on any atom is 0.123 e. The zero-order valence-electron chi connectivity index (χ0n) is 8.54. The summed E-state index contributed by atoms with van der Waals surface area (Å²) < 4.78 is 0. The van der Waals surface area contributed by atoms with Gasteiger partial charge in [0.1, 0.15) is 6.29 Å². The topological polar surface area (TPSA) is 17.1 Å². The average molecular weight is 180 g/mol. The Morgan fingerprint density at radius 1 is 1.54 bits per heavy atom. The Labute approximate surface area is 81.2 Å². The highest BCUT2D eigenvalue weighted by molar-refractivity contribution is 5.53. The fraction of sp³-hybridized carbons (Fsp3) is 0.750. The third-order valence-corrected chi connectivity index (χ3v) is 3.28. The van der Waals surface area contributed by atoms with Crippen molar-refractivity contribution in [3.05, 3.63) is 12.7 Å². The quantitative estimate of drug-likeness (QED) is 0.479. The van der Waals surface area contributed by atoms with Crippen molar-refractivity contribution >= 4 is 6.29 Å². The molecule has 1 fully saturated rings. The van der Waals surface area contributed by atoms with E-state index in [-0.39, 0.29) is 5.92 Å². The molecule has 3 unspecified atom stereocenters. The van der Waals surface area contributed by atoms with Crippen molar-refractivity contribution in [2.45, 2.75) is 39.0 Å². The van der Waals surface area contributed by atoms with Crippen molar-refractivity contribution in [3.8, 4) is 0 Å². The van der Waals surface area contributed by atoms with Gasteiger partial charge in [-0.1, -0.05) is 25.8 Å². The van der Waals surface area contributed by atoms with E-state index < -0.39 is 0 Å². The SMILES string of the molecule is C=CCC1CCCC(C(C)C=O)C1. The standard InChI is InChI=1S/C12H20O/c1-3-5-11-6-4-7-12(8-11)10(2)9-13/h3,9-12H,1,4-8H2,2H3. The van der Waals surface area contributed by atoms with Gasteiger partial charge in [-0.25, -0.2) is 0 Å². The van der Waals surface area contributed by atoms with Crippen LogP contribution in [0.4, 0.5) is 0 Å². The molecule has 1 nitrogen and oxygen atoms in total. The van der Waals surface area contributed by atoms with E-state index >= 15 is 0 Å². The summed E-state index contributed by atoms with van der Waals surface area (Å²) in [6, 6.07) is 0. The molecule has 1 aliphatic carbocycles. The van der Waals surface area contributed by atoms with E-state index in [0.717, 1.165) is 18.6 Å². The van der Waals surface area contributed by atoms with Crippen LogP contribution in [0.15, 0.2) is 12.7 Å². The smallest absolute Gasteiger partial charge is 0.123 e. The van der Waals surface area contributed by atoms with E-state index in [4.69, 9.17) is 0 Å². The van der Waals surface area contributed by atoms with Gasteiger partial charge in [-0.05, 0) is 31.1 Å². The molecule has 13 heavy (non-hydrogen) atoms. The maximum absolute atomic E-state index is 10.6. The van der Waals surface area contributed by atoms with Gasteiger partial charge in [0.05, 0.1) is 0 Å². The molecule has 1 saturated carbocycles. The summed E-state index contributed by atoms with van der Waals surface area (Å²) in [5.41, 5.74) is 0. The Hall–Kier alpha value is -0.590. The second-order valence-corrected chi connectivity index (χ2v) is 4.31. The van der Waals surface area contributed by atoms with Crippen molar-refractivity contribution in [2.75, 3.05) is 0 Å². The van der Waals surface area contributed by atoms with Crippen molar-refractivity contribution in [1.82, 2.24) is 0 Å². The molecule has 0 bridgehead atoms. The molecule has 0 aromatic heterocycles. The molecular weight excluding hydrogens is 160 g/mol. The van der Waals surface area contributed by atoms with Crippen LogP contribution in [0.1, 0.15) is 39.0 Å². The number of carbonyl (C=O) groups is 1. The molecule has 0 aliphatic heterocycles. The number of aldehydes is 1. The van der Waals surface area contributed by atoms with Crippen molar-refractivity contribution in [1.29, 1.82) is 0 Å². The molecule has 1 aliphatic rings. The Balaban J connectivity index is 2.40. The van der Waals surface area contributed by atoms with Gasteiger partial charge in [0, 0.05) is 5.92 Å². The van der Waals surface area contributed by atoms with Crippen LogP contribution in [0.25, 0.3) is 0 Å². The molecular formula is C12H20O. The van der Waals surface area contributed by atoms with Gasteiger partial charge in [-0.3, -0.25) is 0 Å². The zero-order chi connectivity index (χ0) is 9.68. The van der Waals surface area contributed by atoms with Crippen LogP contribution < -0.4 is 0 Å². The van der Waals surface area contributed by atoms with Gasteiger partial charge in [-0.2, -0.15) is 0 Å². The van der Waals surface area contributed by atoms with Gasteiger partial charge in [-0.15, -0.1) is 6.58 Å². The molecule has 74 valence electrons. The highest BCUT2D eigenvalue weighted by atomic mass is 16.1. The Bertz CT molecular complexity index is 174. The number of rotatable bonds is 4. The number of hydrogen-bond acceptors (Lipinski definition) is 1. The highest BCUT2D eigenvalue weighted by Gasteiger charge is 2.24. The minimum absolute atomic E-state index is 0.257. The lowest BCUT2D eigenvalue weighted by Gasteiger charge is -2.30. The molecule has 0 aromatic rings. The van der Waals surface area contributed by atoms with Gasteiger partial charge in [0.25, 0.3) is 0 Å². The van der Waals surface area contributed by atoms with Crippen LogP contribution in [-0.4, -0.2) is 6.29 Å². The van der Waals surface area contributed by atoms with E-state index in [2.05, 4.69) is 6.58 Å². The Morgan fingerprint density at radius 2 is 2.31 bits per heavy atom. The fourth-order valence-electron chi connectivity index (χ4n) is 2.37. The van der Waals surface area contributed by atoms with Gasteiger partial charge in [0.2, 0.25) is 0 Å². The van der Waals surface area contributed by atoms with Gasteiger partial charge >= 0.3 is 0 Å². The van der Waals surface area contributed by atoms with E-state index in [1.165, 1.54) is 25.7 Å². The molecule has 0 aromatic carbocycles. The van der Waals surface area contributed by atoms with Crippen molar-refractivity contribution in [3.63, 3.8) is 0 Å². The lowest BCUT2D eigenvalue weighted by Crippen LogP contribution is -2.21. The summed E-state index contributed by atoms with van der Waals surface area (Å²) in [7, 11) is 0. The molecule has 0 radical (unpaired) electrons. The van der Waals surface area contributed by atoms with Crippen LogP contribution in [0.5, 0.6) is 0 Å². The Kier molecular flexibility index (Phi) is 4.20. The predicted molar refractivity (Wildman–Crippen MR) is 55.5 cm³/mol.